The molecule has 0 saturated heterocycles. The molecule has 0 atom stereocenters. The fraction of sp³-hybridized carbons (Fsp3) is 0.381. The van der Waals surface area contributed by atoms with Gasteiger partial charge in [0.05, 0.1) is 6.61 Å². The van der Waals surface area contributed by atoms with Crippen molar-refractivity contribution in [2.45, 2.75) is 50.8 Å². The van der Waals surface area contributed by atoms with Crippen LogP contribution in [0.1, 0.15) is 49.2 Å². The number of amides is 1. The summed E-state index contributed by atoms with van der Waals surface area (Å²) in [7, 11) is 0. The number of nitrogens with one attached hydrogen (secondary N) is 1. The summed E-state index contributed by atoms with van der Waals surface area (Å²) in [6.07, 6.45) is 0. The van der Waals surface area contributed by atoms with E-state index in [0.717, 1.165) is 17.1 Å². The summed E-state index contributed by atoms with van der Waals surface area (Å²) in [5.41, 5.74) is 2.69. The van der Waals surface area contributed by atoms with Crippen LogP contribution in [0, 0.1) is 6.92 Å². The van der Waals surface area contributed by atoms with Crippen LogP contribution >= 0.6 is 11.8 Å². The van der Waals surface area contributed by atoms with E-state index >= 15 is 0 Å². The van der Waals surface area contributed by atoms with Crippen molar-refractivity contribution in [2.75, 3.05) is 6.61 Å². The molecule has 1 amide bonds. The summed E-state index contributed by atoms with van der Waals surface area (Å²) in [6, 6.07) is 14.1. The molecule has 0 aliphatic rings. The van der Waals surface area contributed by atoms with Gasteiger partial charge in [-0.25, -0.2) is 0 Å². The molecular formula is C21H27NO2S. The van der Waals surface area contributed by atoms with Gasteiger partial charge in [-0.05, 0) is 65.0 Å². The first-order chi connectivity index (χ1) is 11.8. The van der Waals surface area contributed by atoms with Crippen LogP contribution in [0.15, 0.2) is 47.4 Å². The van der Waals surface area contributed by atoms with Crippen molar-refractivity contribution in [1.29, 1.82) is 0 Å². The standard InChI is InChI=1S/C21H27NO2S/c1-6-24-19-12-9-16(20(23)22-21(3,4)5)13-17(19)14-25-18-10-7-15(2)8-11-18/h7-13H,6,14H2,1-5H3,(H,22,23). The Morgan fingerprint density at radius 3 is 2.40 bits per heavy atom. The van der Waals surface area contributed by atoms with Crippen LogP contribution in [0.4, 0.5) is 0 Å². The Morgan fingerprint density at radius 2 is 1.80 bits per heavy atom. The maximum absolute atomic E-state index is 12.4. The molecule has 2 aromatic carbocycles. The van der Waals surface area contributed by atoms with Crippen LogP contribution in [0.5, 0.6) is 5.75 Å². The third kappa shape index (κ3) is 6.13. The lowest BCUT2D eigenvalue weighted by molar-refractivity contribution is 0.0919. The predicted octanol–water partition coefficient (Wildman–Crippen LogP) is 5.21. The van der Waals surface area contributed by atoms with Crippen LogP contribution in [-0.4, -0.2) is 18.1 Å². The van der Waals surface area contributed by atoms with Gasteiger partial charge in [-0.3, -0.25) is 4.79 Å². The fourth-order valence-electron chi connectivity index (χ4n) is 2.34. The molecule has 2 aromatic rings. The molecule has 0 unspecified atom stereocenters. The minimum atomic E-state index is -0.257. The van der Waals surface area contributed by atoms with Gasteiger partial charge in [-0.15, -0.1) is 11.8 Å². The number of carbonyl (C=O) groups excluding carboxylic acids is 1. The monoisotopic (exact) mass is 357 g/mol. The van der Waals surface area contributed by atoms with Gasteiger partial charge < -0.3 is 10.1 Å². The van der Waals surface area contributed by atoms with Crippen LogP contribution in [0.3, 0.4) is 0 Å². The highest BCUT2D eigenvalue weighted by atomic mass is 32.2. The van der Waals surface area contributed by atoms with E-state index < -0.39 is 0 Å². The number of carbonyl (C=O) groups is 1. The van der Waals surface area contributed by atoms with Gasteiger partial charge in [0.15, 0.2) is 0 Å². The van der Waals surface area contributed by atoms with Crippen LogP contribution in [0.2, 0.25) is 0 Å². The van der Waals surface area contributed by atoms with Crippen molar-refractivity contribution in [3.05, 3.63) is 59.2 Å². The van der Waals surface area contributed by atoms with Gasteiger partial charge in [-0.1, -0.05) is 17.7 Å². The van der Waals surface area contributed by atoms with Crippen molar-refractivity contribution < 1.29 is 9.53 Å². The molecule has 0 spiro atoms. The first kappa shape index (κ1) is 19.4. The Labute approximate surface area is 155 Å². The van der Waals surface area contributed by atoms with E-state index in [1.165, 1.54) is 10.5 Å². The molecule has 1 N–H and O–H groups in total. The van der Waals surface area contributed by atoms with E-state index in [-0.39, 0.29) is 11.4 Å². The second-order valence-corrected chi connectivity index (χ2v) is 8.11. The minimum Gasteiger partial charge on any atom is -0.494 e. The summed E-state index contributed by atoms with van der Waals surface area (Å²) in [5, 5.41) is 3.01. The van der Waals surface area contributed by atoms with Gasteiger partial charge in [0.25, 0.3) is 5.91 Å². The van der Waals surface area contributed by atoms with Crippen molar-refractivity contribution in [2.24, 2.45) is 0 Å². The van der Waals surface area contributed by atoms with Crippen molar-refractivity contribution in [1.82, 2.24) is 5.32 Å². The normalized spacial score (nSPS) is 11.2. The molecule has 0 saturated carbocycles. The van der Waals surface area contributed by atoms with E-state index in [9.17, 15) is 4.79 Å². The van der Waals surface area contributed by atoms with Gasteiger partial charge in [0, 0.05) is 27.3 Å². The number of aryl methyl sites for hydroxylation is 1. The molecule has 0 aliphatic carbocycles. The highest BCUT2D eigenvalue weighted by Crippen LogP contribution is 2.29. The molecule has 134 valence electrons. The molecule has 0 aromatic heterocycles. The molecule has 2 rings (SSSR count). The average Bonchev–Trinajstić information content (AvgIpc) is 2.54. The van der Waals surface area contributed by atoms with Crippen LogP contribution in [0.25, 0.3) is 0 Å². The number of thioether (sulfide) groups is 1. The Morgan fingerprint density at radius 1 is 1.12 bits per heavy atom. The number of ether oxygens (including phenoxy) is 1. The number of rotatable bonds is 6. The molecule has 0 fully saturated rings. The Hall–Kier alpha value is -1.94. The fourth-order valence-corrected chi connectivity index (χ4v) is 3.21. The average molecular weight is 358 g/mol. The van der Waals surface area contributed by atoms with E-state index in [0.29, 0.717) is 12.2 Å². The minimum absolute atomic E-state index is 0.0582. The highest BCUT2D eigenvalue weighted by Gasteiger charge is 2.17. The van der Waals surface area contributed by atoms with Crippen molar-refractivity contribution in [3.63, 3.8) is 0 Å². The smallest absolute Gasteiger partial charge is 0.251 e. The maximum Gasteiger partial charge on any atom is 0.251 e. The van der Waals surface area contributed by atoms with Crippen LogP contribution in [-0.2, 0) is 5.75 Å². The third-order valence-corrected chi connectivity index (χ3v) is 4.59. The second kappa shape index (κ2) is 8.43. The van der Waals surface area contributed by atoms with E-state index in [1.54, 1.807) is 11.8 Å². The second-order valence-electron chi connectivity index (χ2n) is 7.06. The van der Waals surface area contributed by atoms with Gasteiger partial charge in [0.2, 0.25) is 0 Å². The molecule has 0 bridgehead atoms. The van der Waals surface area contributed by atoms with Crippen molar-refractivity contribution in [3.8, 4) is 5.75 Å². The van der Waals surface area contributed by atoms with E-state index in [2.05, 4.69) is 36.5 Å². The summed E-state index contributed by atoms with van der Waals surface area (Å²) < 4.78 is 5.74. The topological polar surface area (TPSA) is 38.3 Å². The SMILES string of the molecule is CCOc1ccc(C(=O)NC(C)(C)C)cc1CSc1ccc(C)cc1. The van der Waals surface area contributed by atoms with Gasteiger partial charge >= 0.3 is 0 Å². The molecule has 4 heteroatoms. The first-order valence-electron chi connectivity index (χ1n) is 8.56. The molecular weight excluding hydrogens is 330 g/mol. The lowest BCUT2D eigenvalue weighted by Gasteiger charge is -2.21. The third-order valence-electron chi connectivity index (χ3n) is 3.53. The number of hydrogen-bond acceptors (Lipinski definition) is 3. The summed E-state index contributed by atoms with van der Waals surface area (Å²) >= 11 is 1.74. The lowest BCUT2D eigenvalue weighted by atomic mass is 10.1. The molecule has 0 heterocycles. The zero-order chi connectivity index (χ0) is 18.4. The summed E-state index contributed by atoms with van der Waals surface area (Å²) in [5.74, 6) is 1.54. The summed E-state index contributed by atoms with van der Waals surface area (Å²) in [6.45, 7) is 10.6. The molecule has 0 radical (unpaired) electrons. The Bertz CT molecular complexity index is 718. The Balaban J connectivity index is 2.19. The maximum atomic E-state index is 12.4. The van der Waals surface area contributed by atoms with Crippen LogP contribution < -0.4 is 10.1 Å². The zero-order valence-electron chi connectivity index (χ0n) is 15.7. The van der Waals surface area contributed by atoms with E-state index in [4.69, 9.17) is 4.74 Å². The number of benzene rings is 2. The summed E-state index contributed by atoms with van der Waals surface area (Å²) in [4.78, 5) is 13.6. The molecule has 0 aliphatic heterocycles. The first-order valence-corrected chi connectivity index (χ1v) is 9.55. The zero-order valence-corrected chi connectivity index (χ0v) is 16.5. The Kier molecular flexibility index (Phi) is 6.54. The largest absolute Gasteiger partial charge is 0.494 e. The van der Waals surface area contributed by atoms with Crippen molar-refractivity contribution >= 4 is 17.7 Å². The number of hydrogen-bond donors (Lipinski definition) is 1. The predicted molar refractivity (Wildman–Crippen MR) is 106 cm³/mol. The molecule has 25 heavy (non-hydrogen) atoms. The van der Waals surface area contributed by atoms with Gasteiger partial charge in [-0.2, -0.15) is 0 Å². The quantitative estimate of drug-likeness (QED) is 0.721. The van der Waals surface area contributed by atoms with E-state index in [1.807, 2.05) is 45.9 Å². The lowest BCUT2D eigenvalue weighted by Crippen LogP contribution is -2.40. The van der Waals surface area contributed by atoms with Gasteiger partial charge in [0.1, 0.15) is 5.75 Å². The molecule has 3 nitrogen and oxygen atoms in total. The highest BCUT2D eigenvalue weighted by molar-refractivity contribution is 7.98.